The van der Waals surface area contributed by atoms with Crippen LogP contribution in [0, 0.1) is 0 Å². The zero-order chi connectivity index (χ0) is 11.5. The number of carbonyl (C=O) groups excluding carboxylic acids is 1. The molecule has 0 atom stereocenters. The summed E-state index contributed by atoms with van der Waals surface area (Å²) in [6.45, 7) is 0. The lowest BCUT2D eigenvalue weighted by molar-refractivity contribution is 0.0992. The second kappa shape index (κ2) is 5.26. The maximum Gasteiger partial charge on any atom is 0.254 e. The summed E-state index contributed by atoms with van der Waals surface area (Å²) in [7, 11) is 0. The van der Waals surface area contributed by atoms with Gasteiger partial charge in [0.2, 0.25) is 5.78 Å². The third-order valence-electron chi connectivity index (χ3n) is 1.61. The highest BCUT2D eigenvalue weighted by molar-refractivity contribution is 6.77. The molecular weight excluding hydrogens is 280 g/mol. The molecule has 0 radical (unpaired) electrons. The van der Waals surface area contributed by atoms with Gasteiger partial charge in [-0.3, -0.25) is 4.79 Å². The average molecular weight is 287 g/mol. The van der Waals surface area contributed by atoms with Crippen molar-refractivity contribution >= 4 is 58.3 Å². The minimum atomic E-state index is -1.93. The predicted molar refractivity (Wildman–Crippen MR) is 65.2 cm³/mol. The normalized spacial score (nSPS) is 12.3. The first-order valence-electron chi connectivity index (χ1n) is 3.97. The number of allylic oxidation sites excluding steroid dienone is 1. The number of aromatic amines is 1. The highest BCUT2D eigenvalue weighted by Gasteiger charge is 2.32. The van der Waals surface area contributed by atoms with E-state index in [1.54, 1.807) is 24.4 Å². The number of alkyl halides is 4. The van der Waals surface area contributed by atoms with Crippen molar-refractivity contribution in [1.82, 2.24) is 4.98 Å². The number of rotatable bonds is 3. The molecule has 82 valence electrons. The van der Waals surface area contributed by atoms with Gasteiger partial charge in [0.15, 0.2) is 0 Å². The Morgan fingerprint density at radius 2 is 2.13 bits per heavy atom. The van der Waals surface area contributed by atoms with Gasteiger partial charge in [-0.15, -0.1) is 11.6 Å². The Hall–Kier alpha value is -0.150. The molecule has 0 unspecified atom stereocenters. The van der Waals surface area contributed by atoms with Crippen LogP contribution in [0.1, 0.15) is 16.1 Å². The van der Waals surface area contributed by atoms with Gasteiger partial charge in [0.1, 0.15) is 0 Å². The molecule has 2 nitrogen and oxygen atoms in total. The van der Waals surface area contributed by atoms with E-state index < -0.39 is 9.58 Å². The number of H-pyrrole nitrogens is 1. The fraction of sp³-hybridized carbons (Fsp3) is 0.222. The van der Waals surface area contributed by atoms with Crippen LogP contribution in [0.2, 0.25) is 0 Å². The maximum absolute atomic E-state index is 11.5. The van der Waals surface area contributed by atoms with Crippen LogP contribution in [-0.2, 0) is 0 Å². The number of aromatic nitrogens is 1. The third kappa shape index (κ3) is 3.72. The molecule has 1 N–H and O–H groups in total. The molecule has 0 fully saturated rings. The average Bonchev–Trinajstić information content (AvgIpc) is 2.60. The first-order chi connectivity index (χ1) is 6.95. The standard InChI is InChI=1S/C9H7Cl4NO/c10-3-1-2-6-4-7(14-5-6)8(15)9(11,12)13/h1-2,4-5,14H,3H2. The smallest absolute Gasteiger partial charge is 0.254 e. The van der Waals surface area contributed by atoms with Crippen molar-refractivity contribution in [2.24, 2.45) is 0 Å². The molecule has 0 aliphatic carbocycles. The summed E-state index contributed by atoms with van der Waals surface area (Å²) < 4.78 is -1.93. The SMILES string of the molecule is O=C(c1cc(C=CCCl)c[nH]1)C(Cl)(Cl)Cl. The van der Waals surface area contributed by atoms with Crippen LogP contribution in [0.15, 0.2) is 18.3 Å². The molecule has 0 saturated heterocycles. The Kier molecular flexibility index (Phi) is 4.53. The zero-order valence-corrected chi connectivity index (χ0v) is 10.5. The molecule has 0 aliphatic rings. The molecule has 15 heavy (non-hydrogen) atoms. The Bertz CT molecular complexity index is 378. The van der Waals surface area contributed by atoms with E-state index in [1.165, 1.54) is 0 Å². The van der Waals surface area contributed by atoms with Gasteiger partial charge in [-0.05, 0) is 11.6 Å². The Labute approximate surface area is 107 Å². The number of hydrogen-bond acceptors (Lipinski definition) is 1. The molecule has 1 rings (SSSR count). The van der Waals surface area contributed by atoms with Crippen LogP contribution in [0.5, 0.6) is 0 Å². The van der Waals surface area contributed by atoms with Crippen LogP contribution in [-0.4, -0.2) is 20.4 Å². The Balaban J connectivity index is 2.85. The van der Waals surface area contributed by atoms with Gasteiger partial charge in [0, 0.05) is 12.1 Å². The topological polar surface area (TPSA) is 32.9 Å². The molecule has 0 bridgehead atoms. The van der Waals surface area contributed by atoms with Crippen LogP contribution >= 0.6 is 46.4 Å². The number of nitrogens with one attached hydrogen (secondary N) is 1. The van der Waals surface area contributed by atoms with Crippen LogP contribution in [0.4, 0.5) is 0 Å². The number of ketones is 1. The lowest BCUT2D eigenvalue weighted by Crippen LogP contribution is -2.19. The number of halogens is 4. The lowest BCUT2D eigenvalue weighted by Gasteiger charge is -2.06. The first kappa shape index (κ1) is 12.9. The van der Waals surface area contributed by atoms with Crippen LogP contribution in [0.25, 0.3) is 6.08 Å². The van der Waals surface area contributed by atoms with Gasteiger partial charge in [0.05, 0.1) is 5.69 Å². The largest absolute Gasteiger partial charge is 0.358 e. The van der Waals surface area contributed by atoms with E-state index in [2.05, 4.69) is 4.98 Å². The molecule has 0 amide bonds. The second-order valence-electron chi connectivity index (χ2n) is 2.73. The van der Waals surface area contributed by atoms with E-state index in [0.717, 1.165) is 5.56 Å². The van der Waals surface area contributed by atoms with Crippen molar-refractivity contribution in [2.45, 2.75) is 3.79 Å². The lowest BCUT2D eigenvalue weighted by atomic mass is 10.2. The van der Waals surface area contributed by atoms with Gasteiger partial charge in [-0.2, -0.15) is 0 Å². The summed E-state index contributed by atoms with van der Waals surface area (Å²) in [6.07, 6.45) is 5.14. The molecular formula is C9H7Cl4NO. The Morgan fingerprint density at radius 1 is 1.47 bits per heavy atom. The monoisotopic (exact) mass is 285 g/mol. The van der Waals surface area contributed by atoms with Gasteiger partial charge < -0.3 is 4.98 Å². The van der Waals surface area contributed by atoms with E-state index in [-0.39, 0.29) is 5.69 Å². The molecule has 0 aromatic carbocycles. The molecule has 1 aromatic rings. The summed E-state index contributed by atoms with van der Waals surface area (Å²) in [6, 6.07) is 1.59. The van der Waals surface area contributed by atoms with Crippen molar-refractivity contribution in [2.75, 3.05) is 5.88 Å². The predicted octanol–water partition coefficient (Wildman–Crippen LogP) is 3.82. The third-order valence-corrected chi connectivity index (χ3v) is 2.30. The fourth-order valence-corrected chi connectivity index (χ4v) is 1.37. The van der Waals surface area contributed by atoms with Gasteiger partial charge >= 0.3 is 0 Å². The zero-order valence-electron chi connectivity index (χ0n) is 7.44. The van der Waals surface area contributed by atoms with E-state index in [4.69, 9.17) is 46.4 Å². The van der Waals surface area contributed by atoms with Gasteiger partial charge in [-0.25, -0.2) is 0 Å². The fourth-order valence-electron chi connectivity index (χ4n) is 0.972. The van der Waals surface area contributed by atoms with Gasteiger partial charge in [0.25, 0.3) is 3.79 Å². The summed E-state index contributed by atoms with van der Waals surface area (Å²) in [4.78, 5) is 14.2. The van der Waals surface area contributed by atoms with Crippen molar-refractivity contribution in [3.05, 3.63) is 29.6 Å². The quantitative estimate of drug-likeness (QED) is 0.665. The highest BCUT2D eigenvalue weighted by Crippen LogP contribution is 2.30. The van der Waals surface area contributed by atoms with Gasteiger partial charge in [-0.1, -0.05) is 47.0 Å². The molecule has 0 saturated carbocycles. The summed E-state index contributed by atoms with van der Waals surface area (Å²) in [5.41, 5.74) is 1.05. The molecule has 6 heteroatoms. The number of Topliss-reactive ketones (excluding diaryl/α,β-unsaturated/α-hetero) is 1. The molecule has 1 aromatic heterocycles. The van der Waals surface area contributed by atoms with E-state index in [0.29, 0.717) is 5.88 Å². The van der Waals surface area contributed by atoms with Crippen molar-refractivity contribution in [3.8, 4) is 0 Å². The van der Waals surface area contributed by atoms with Crippen molar-refractivity contribution in [3.63, 3.8) is 0 Å². The summed E-state index contributed by atoms with van der Waals surface area (Å²) in [5.74, 6) is -0.183. The number of hydrogen-bond donors (Lipinski definition) is 1. The van der Waals surface area contributed by atoms with Crippen molar-refractivity contribution in [1.29, 1.82) is 0 Å². The highest BCUT2D eigenvalue weighted by atomic mass is 35.6. The molecule has 0 aliphatic heterocycles. The van der Waals surface area contributed by atoms with Crippen LogP contribution in [0.3, 0.4) is 0 Å². The van der Waals surface area contributed by atoms with E-state index >= 15 is 0 Å². The maximum atomic E-state index is 11.5. The van der Waals surface area contributed by atoms with Crippen molar-refractivity contribution < 1.29 is 4.79 Å². The summed E-state index contributed by atoms with van der Waals surface area (Å²) in [5, 5.41) is 0. The molecule has 1 heterocycles. The first-order valence-corrected chi connectivity index (χ1v) is 5.64. The molecule has 0 spiro atoms. The Morgan fingerprint density at radius 3 is 2.67 bits per heavy atom. The minimum absolute atomic E-state index is 0.254. The van der Waals surface area contributed by atoms with E-state index in [9.17, 15) is 4.79 Å². The number of carbonyl (C=O) groups is 1. The van der Waals surface area contributed by atoms with E-state index in [1.807, 2.05) is 0 Å². The minimum Gasteiger partial charge on any atom is -0.358 e. The second-order valence-corrected chi connectivity index (χ2v) is 5.32. The summed E-state index contributed by atoms with van der Waals surface area (Å²) >= 11 is 21.8. The van der Waals surface area contributed by atoms with Crippen LogP contribution < -0.4 is 0 Å².